The molecule has 0 spiro atoms. The van der Waals surface area contributed by atoms with Crippen LogP contribution >= 0.6 is 11.6 Å². The van der Waals surface area contributed by atoms with Crippen LogP contribution in [0.25, 0.3) is 0 Å². The molecule has 1 aliphatic carbocycles. The van der Waals surface area contributed by atoms with Crippen LogP contribution in [0.4, 0.5) is 5.82 Å². The molecule has 0 atom stereocenters. The second-order valence-electron chi connectivity index (χ2n) is 4.00. The second kappa shape index (κ2) is 5.34. The third-order valence-electron chi connectivity index (χ3n) is 2.50. The molecule has 16 heavy (non-hydrogen) atoms. The van der Waals surface area contributed by atoms with E-state index in [2.05, 4.69) is 22.2 Å². The topological polar surface area (TPSA) is 47.0 Å². The van der Waals surface area contributed by atoms with E-state index in [1.807, 2.05) is 0 Å². The van der Waals surface area contributed by atoms with E-state index in [9.17, 15) is 0 Å². The van der Waals surface area contributed by atoms with Crippen molar-refractivity contribution in [2.24, 2.45) is 0 Å². The third kappa shape index (κ3) is 2.98. The molecule has 0 bridgehead atoms. The third-order valence-corrected chi connectivity index (χ3v) is 2.86. The molecule has 4 nitrogen and oxygen atoms in total. The van der Waals surface area contributed by atoms with Crippen LogP contribution in [-0.2, 0) is 0 Å². The first kappa shape index (κ1) is 11.5. The summed E-state index contributed by atoms with van der Waals surface area (Å²) >= 11 is 5.91. The van der Waals surface area contributed by atoms with Crippen LogP contribution in [0.1, 0.15) is 26.2 Å². The van der Waals surface area contributed by atoms with Gasteiger partial charge in [0.25, 0.3) is 0 Å². The Hall–Kier alpha value is -1.03. The lowest BCUT2D eigenvalue weighted by atomic mass is 9.92. The van der Waals surface area contributed by atoms with Crippen molar-refractivity contribution in [2.45, 2.75) is 37.6 Å². The minimum absolute atomic E-state index is 0.310. The summed E-state index contributed by atoms with van der Waals surface area (Å²) in [6, 6.07) is 0.429. The Balaban J connectivity index is 1.88. The van der Waals surface area contributed by atoms with Crippen LogP contribution in [0.15, 0.2) is 12.4 Å². The predicted octanol–water partition coefficient (Wildman–Crippen LogP) is 2.45. The van der Waals surface area contributed by atoms with Gasteiger partial charge in [-0.2, -0.15) is 4.98 Å². The lowest BCUT2D eigenvalue weighted by molar-refractivity contribution is 0.304. The number of hydrogen-bond donors (Lipinski definition) is 1. The number of rotatable bonds is 5. The number of nitrogens with one attached hydrogen (secondary N) is 1. The van der Waals surface area contributed by atoms with Gasteiger partial charge in [-0.15, -0.1) is 11.6 Å². The molecule has 1 aliphatic rings. The fraction of sp³-hybridized carbons (Fsp3) is 0.636. The van der Waals surface area contributed by atoms with Gasteiger partial charge in [-0.1, -0.05) is 6.92 Å². The maximum absolute atomic E-state index is 5.91. The average Bonchev–Trinajstić information content (AvgIpc) is 2.25. The van der Waals surface area contributed by atoms with Crippen LogP contribution in [0.5, 0.6) is 5.88 Å². The molecule has 0 aliphatic heterocycles. The average molecular weight is 242 g/mol. The summed E-state index contributed by atoms with van der Waals surface area (Å²) in [6.07, 6.45) is 6.29. The number of alkyl halides is 1. The standard InChI is InChI=1S/C11H16ClN3O/c1-2-3-16-11-7-13-6-10(15-11)14-9-4-8(12)5-9/h6-9H,2-5H2,1H3,(H,14,15). The van der Waals surface area contributed by atoms with E-state index >= 15 is 0 Å². The summed E-state index contributed by atoms with van der Waals surface area (Å²) in [5.41, 5.74) is 0. The Bertz CT molecular complexity index is 342. The maximum Gasteiger partial charge on any atom is 0.234 e. The minimum atomic E-state index is 0.310. The SMILES string of the molecule is CCCOc1cncc(NC2CC(Cl)C2)n1. The molecule has 0 amide bonds. The lowest BCUT2D eigenvalue weighted by Crippen LogP contribution is -2.36. The van der Waals surface area contributed by atoms with Gasteiger partial charge in [0.2, 0.25) is 5.88 Å². The Morgan fingerprint density at radius 1 is 1.50 bits per heavy atom. The van der Waals surface area contributed by atoms with Gasteiger partial charge in [0, 0.05) is 11.4 Å². The first-order valence-corrected chi connectivity index (χ1v) is 6.07. The van der Waals surface area contributed by atoms with Crippen molar-refractivity contribution in [2.75, 3.05) is 11.9 Å². The van der Waals surface area contributed by atoms with E-state index in [1.165, 1.54) is 0 Å². The van der Waals surface area contributed by atoms with Crippen molar-refractivity contribution < 1.29 is 4.74 Å². The number of ether oxygens (including phenoxy) is 1. The van der Waals surface area contributed by atoms with E-state index in [0.717, 1.165) is 25.1 Å². The van der Waals surface area contributed by atoms with Gasteiger partial charge < -0.3 is 10.1 Å². The van der Waals surface area contributed by atoms with Gasteiger partial charge in [0.05, 0.1) is 19.0 Å². The fourth-order valence-electron chi connectivity index (χ4n) is 1.57. The summed E-state index contributed by atoms with van der Waals surface area (Å²) < 4.78 is 5.41. The summed E-state index contributed by atoms with van der Waals surface area (Å²) in [5, 5.41) is 3.60. The highest BCUT2D eigenvalue weighted by atomic mass is 35.5. The van der Waals surface area contributed by atoms with Crippen molar-refractivity contribution >= 4 is 17.4 Å². The molecule has 88 valence electrons. The van der Waals surface area contributed by atoms with Crippen molar-refractivity contribution in [3.05, 3.63) is 12.4 Å². The molecule has 0 saturated heterocycles. The zero-order chi connectivity index (χ0) is 11.4. The van der Waals surface area contributed by atoms with Crippen molar-refractivity contribution in [1.29, 1.82) is 0 Å². The molecule has 1 N–H and O–H groups in total. The van der Waals surface area contributed by atoms with Crippen LogP contribution in [0, 0.1) is 0 Å². The highest BCUT2D eigenvalue weighted by molar-refractivity contribution is 6.21. The number of hydrogen-bond acceptors (Lipinski definition) is 4. The highest BCUT2D eigenvalue weighted by Crippen LogP contribution is 2.28. The smallest absolute Gasteiger partial charge is 0.234 e. The van der Waals surface area contributed by atoms with Crippen LogP contribution < -0.4 is 10.1 Å². The molecule has 0 aromatic carbocycles. The van der Waals surface area contributed by atoms with E-state index in [-0.39, 0.29) is 0 Å². The van der Waals surface area contributed by atoms with Gasteiger partial charge in [0.1, 0.15) is 5.82 Å². The van der Waals surface area contributed by atoms with Crippen molar-refractivity contribution in [3.63, 3.8) is 0 Å². The summed E-state index contributed by atoms with van der Waals surface area (Å²) in [7, 11) is 0. The Kier molecular flexibility index (Phi) is 3.83. The number of aromatic nitrogens is 2. The zero-order valence-electron chi connectivity index (χ0n) is 9.32. The van der Waals surface area contributed by atoms with E-state index < -0.39 is 0 Å². The van der Waals surface area contributed by atoms with E-state index in [1.54, 1.807) is 12.4 Å². The molecule has 1 saturated carbocycles. The molecule has 1 aromatic rings. The predicted molar refractivity (Wildman–Crippen MR) is 64.1 cm³/mol. The van der Waals surface area contributed by atoms with Crippen LogP contribution in [0.2, 0.25) is 0 Å². The Morgan fingerprint density at radius 3 is 3.00 bits per heavy atom. The molecular weight excluding hydrogens is 226 g/mol. The normalized spacial score (nSPS) is 23.6. The molecule has 0 radical (unpaired) electrons. The lowest BCUT2D eigenvalue weighted by Gasteiger charge is -2.31. The van der Waals surface area contributed by atoms with Crippen LogP contribution in [0.3, 0.4) is 0 Å². The van der Waals surface area contributed by atoms with Crippen LogP contribution in [-0.4, -0.2) is 28.0 Å². The molecule has 2 rings (SSSR count). The van der Waals surface area contributed by atoms with Gasteiger partial charge in [-0.3, -0.25) is 4.98 Å². The quantitative estimate of drug-likeness (QED) is 0.805. The van der Waals surface area contributed by atoms with Crippen molar-refractivity contribution in [3.8, 4) is 5.88 Å². The van der Waals surface area contributed by atoms with Gasteiger partial charge in [-0.05, 0) is 19.3 Å². The monoisotopic (exact) mass is 241 g/mol. The van der Waals surface area contributed by atoms with Gasteiger partial charge in [-0.25, -0.2) is 0 Å². The number of anilines is 1. The summed E-state index contributed by atoms with van der Waals surface area (Å²) in [5.74, 6) is 1.34. The van der Waals surface area contributed by atoms with Crippen molar-refractivity contribution in [1.82, 2.24) is 9.97 Å². The fourth-order valence-corrected chi connectivity index (χ4v) is 2.00. The Morgan fingerprint density at radius 2 is 2.31 bits per heavy atom. The van der Waals surface area contributed by atoms with Gasteiger partial charge in [0.15, 0.2) is 0 Å². The van der Waals surface area contributed by atoms with E-state index in [0.29, 0.717) is 23.9 Å². The van der Waals surface area contributed by atoms with E-state index in [4.69, 9.17) is 16.3 Å². The number of halogens is 1. The molecule has 1 heterocycles. The van der Waals surface area contributed by atoms with Gasteiger partial charge >= 0.3 is 0 Å². The first-order valence-electron chi connectivity index (χ1n) is 5.63. The maximum atomic E-state index is 5.91. The molecule has 1 fully saturated rings. The largest absolute Gasteiger partial charge is 0.477 e. The first-order chi connectivity index (χ1) is 7.78. The Labute approximate surface area is 100 Å². The minimum Gasteiger partial charge on any atom is -0.477 e. The zero-order valence-corrected chi connectivity index (χ0v) is 10.1. The summed E-state index contributed by atoms with van der Waals surface area (Å²) in [6.45, 7) is 2.73. The molecule has 0 unspecified atom stereocenters. The summed E-state index contributed by atoms with van der Waals surface area (Å²) in [4.78, 5) is 8.40. The molecular formula is C11H16ClN3O. The second-order valence-corrected chi connectivity index (χ2v) is 4.62. The highest BCUT2D eigenvalue weighted by Gasteiger charge is 2.27. The number of nitrogens with zero attached hydrogens (tertiary/aromatic N) is 2. The molecule has 5 heteroatoms. The molecule has 1 aromatic heterocycles.